The SMILES string of the molecule is CCNCc1ccc(OCCOCC(C)C)nc1. The van der Waals surface area contributed by atoms with E-state index in [0.29, 0.717) is 25.0 Å². The topological polar surface area (TPSA) is 43.4 Å². The fourth-order valence-corrected chi connectivity index (χ4v) is 1.39. The van der Waals surface area contributed by atoms with Crippen molar-refractivity contribution in [1.82, 2.24) is 10.3 Å². The van der Waals surface area contributed by atoms with Gasteiger partial charge in [-0.15, -0.1) is 0 Å². The van der Waals surface area contributed by atoms with Gasteiger partial charge in [0.15, 0.2) is 0 Å². The molecule has 0 atom stereocenters. The highest BCUT2D eigenvalue weighted by molar-refractivity contribution is 5.17. The Morgan fingerprint density at radius 3 is 2.72 bits per heavy atom. The minimum Gasteiger partial charge on any atom is -0.475 e. The monoisotopic (exact) mass is 252 g/mol. The van der Waals surface area contributed by atoms with E-state index in [-0.39, 0.29) is 0 Å². The van der Waals surface area contributed by atoms with Crippen LogP contribution >= 0.6 is 0 Å². The van der Waals surface area contributed by atoms with Crippen LogP contribution in [-0.2, 0) is 11.3 Å². The molecule has 0 saturated heterocycles. The van der Waals surface area contributed by atoms with Gasteiger partial charge in [-0.25, -0.2) is 4.98 Å². The van der Waals surface area contributed by atoms with E-state index in [4.69, 9.17) is 9.47 Å². The summed E-state index contributed by atoms with van der Waals surface area (Å²) in [5.74, 6) is 1.22. The molecule has 0 saturated carbocycles. The number of pyridine rings is 1. The average Bonchev–Trinajstić information content (AvgIpc) is 2.37. The van der Waals surface area contributed by atoms with Crippen LogP contribution in [0.1, 0.15) is 26.3 Å². The summed E-state index contributed by atoms with van der Waals surface area (Å²) in [6.45, 7) is 10.1. The molecular formula is C14H24N2O2. The van der Waals surface area contributed by atoms with Crippen LogP contribution in [0.5, 0.6) is 5.88 Å². The Morgan fingerprint density at radius 2 is 2.11 bits per heavy atom. The van der Waals surface area contributed by atoms with Gasteiger partial charge < -0.3 is 14.8 Å². The summed E-state index contributed by atoms with van der Waals surface area (Å²) in [7, 11) is 0. The molecule has 0 bridgehead atoms. The predicted octanol–water partition coefficient (Wildman–Crippen LogP) is 2.24. The maximum atomic E-state index is 5.49. The van der Waals surface area contributed by atoms with Crippen molar-refractivity contribution in [2.75, 3.05) is 26.4 Å². The minimum absolute atomic E-state index is 0.548. The Labute approximate surface area is 110 Å². The highest BCUT2D eigenvalue weighted by atomic mass is 16.5. The van der Waals surface area contributed by atoms with Crippen molar-refractivity contribution in [2.45, 2.75) is 27.3 Å². The number of nitrogens with one attached hydrogen (secondary N) is 1. The second kappa shape index (κ2) is 8.89. The number of hydrogen-bond donors (Lipinski definition) is 1. The quantitative estimate of drug-likeness (QED) is 0.685. The zero-order valence-corrected chi connectivity index (χ0v) is 11.6. The van der Waals surface area contributed by atoms with Crippen molar-refractivity contribution in [2.24, 2.45) is 5.92 Å². The van der Waals surface area contributed by atoms with Crippen molar-refractivity contribution < 1.29 is 9.47 Å². The van der Waals surface area contributed by atoms with Crippen molar-refractivity contribution in [1.29, 1.82) is 0 Å². The Morgan fingerprint density at radius 1 is 1.28 bits per heavy atom. The van der Waals surface area contributed by atoms with E-state index < -0.39 is 0 Å². The van der Waals surface area contributed by atoms with Gasteiger partial charge in [-0.3, -0.25) is 0 Å². The molecule has 0 aliphatic rings. The molecule has 0 aliphatic carbocycles. The van der Waals surface area contributed by atoms with Crippen molar-refractivity contribution >= 4 is 0 Å². The van der Waals surface area contributed by atoms with Crippen LogP contribution in [0.15, 0.2) is 18.3 Å². The highest BCUT2D eigenvalue weighted by Gasteiger charge is 1.98. The number of nitrogens with zero attached hydrogens (tertiary/aromatic N) is 1. The van der Waals surface area contributed by atoms with Gasteiger partial charge in [-0.2, -0.15) is 0 Å². The van der Waals surface area contributed by atoms with Crippen LogP contribution in [0.4, 0.5) is 0 Å². The van der Waals surface area contributed by atoms with Gasteiger partial charge in [0.05, 0.1) is 6.61 Å². The third-order valence-electron chi connectivity index (χ3n) is 2.31. The van der Waals surface area contributed by atoms with Gasteiger partial charge in [0.1, 0.15) is 6.61 Å². The first kappa shape index (κ1) is 14.9. The predicted molar refractivity (Wildman–Crippen MR) is 72.8 cm³/mol. The third kappa shape index (κ3) is 6.57. The number of ether oxygens (including phenoxy) is 2. The molecule has 4 nitrogen and oxygen atoms in total. The molecular weight excluding hydrogens is 228 g/mol. The zero-order valence-electron chi connectivity index (χ0n) is 11.6. The Kier molecular flexibility index (Phi) is 7.37. The molecule has 1 rings (SSSR count). The second-order valence-electron chi connectivity index (χ2n) is 4.60. The second-order valence-corrected chi connectivity index (χ2v) is 4.60. The zero-order chi connectivity index (χ0) is 13.2. The first-order chi connectivity index (χ1) is 8.72. The molecule has 1 aromatic heterocycles. The van der Waals surface area contributed by atoms with Crippen LogP contribution < -0.4 is 10.1 Å². The molecule has 0 amide bonds. The molecule has 102 valence electrons. The number of hydrogen-bond acceptors (Lipinski definition) is 4. The first-order valence-corrected chi connectivity index (χ1v) is 6.58. The minimum atomic E-state index is 0.548. The van der Waals surface area contributed by atoms with Gasteiger partial charge in [0.2, 0.25) is 5.88 Å². The largest absolute Gasteiger partial charge is 0.475 e. The lowest BCUT2D eigenvalue weighted by atomic mass is 10.2. The van der Waals surface area contributed by atoms with E-state index in [1.54, 1.807) is 0 Å². The lowest BCUT2D eigenvalue weighted by Gasteiger charge is -2.08. The smallest absolute Gasteiger partial charge is 0.213 e. The molecule has 0 radical (unpaired) electrons. The molecule has 1 heterocycles. The summed E-state index contributed by atoms with van der Waals surface area (Å²) in [5.41, 5.74) is 1.17. The Hall–Kier alpha value is -1.13. The normalized spacial score (nSPS) is 10.9. The molecule has 1 aromatic rings. The third-order valence-corrected chi connectivity index (χ3v) is 2.31. The Bertz CT molecular complexity index is 312. The van der Waals surface area contributed by atoms with Crippen molar-refractivity contribution in [3.63, 3.8) is 0 Å². The molecule has 0 spiro atoms. The molecule has 18 heavy (non-hydrogen) atoms. The van der Waals surface area contributed by atoms with Crippen molar-refractivity contribution in [3.8, 4) is 5.88 Å². The van der Waals surface area contributed by atoms with Gasteiger partial charge in [0.25, 0.3) is 0 Å². The first-order valence-electron chi connectivity index (χ1n) is 6.58. The van der Waals surface area contributed by atoms with E-state index in [9.17, 15) is 0 Å². The summed E-state index contributed by atoms with van der Waals surface area (Å²) < 4.78 is 10.9. The van der Waals surface area contributed by atoms with Gasteiger partial charge >= 0.3 is 0 Å². The van der Waals surface area contributed by atoms with Gasteiger partial charge in [-0.1, -0.05) is 26.8 Å². The Balaban J connectivity index is 2.18. The summed E-state index contributed by atoms with van der Waals surface area (Å²) in [6, 6.07) is 3.93. The maximum absolute atomic E-state index is 5.49. The summed E-state index contributed by atoms with van der Waals surface area (Å²) in [6.07, 6.45) is 1.84. The van der Waals surface area contributed by atoms with Crippen LogP contribution in [0.25, 0.3) is 0 Å². The van der Waals surface area contributed by atoms with E-state index in [1.165, 1.54) is 5.56 Å². The molecule has 1 N–H and O–H groups in total. The average molecular weight is 252 g/mol. The standard InChI is InChI=1S/C14H24N2O2/c1-4-15-9-13-5-6-14(16-10-13)18-8-7-17-11-12(2)3/h5-6,10,12,15H,4,7-9,11H2,1-3H3. The van der Waals surface area contributed by atoms with E-state index in [2.05, 4.69) is 31.1 Å². The van der Waals surface area contributed by atoms with E-state index in [1.807, 2.05) is 18.3 Å². The van der Waals surface area contributed by atoms with Crippen LogP contribution in [0.2, 0.25) is 0 Å². The molecule has 0 aromatic carbocycles. The van der Waals surface area contributed by atoms with Gasteiger partial charge in [-0.05, 0) is 18.0 Å². The van der Waals surface area contributed by atoms with Gasteiger partial charge in [0, 0.05) is 25.4 Å². The van der Waals surface area contributed by atoms with Crippen LogP contribution in [0, 0.1) is 5.92 Å². The fourth-order valence-electron chi connectivity index (χ4n) is 1.39. The molecule has 0 aliphatic heterocycles. The van der Waals surface area contributed by atoms with Crippen molar-refractivity contribution in [3.05, 3.63) is 23.9 Å². The molecule has 0 fully saturated rings. The fraction of sp³-hybridized carbons (Fsp3) is 0.643. The summed E-state index contributed by atoms with van der Waals surface area (Å²) in [5, 5.41) is 3.25. The lowest BCUT2D eigenvalue weighted by molar-refractivity contribution is 0.0806. The molecule has 4 heteroatoms. The number of aromatic nitrogens is 1. The lowest BCUT2D eigenvalue weighted by Crippen LogP contribution is -2.12. The van der Waals surface area contributed by atoms with E-state index >= 15 is 0 Å². The maximum Gasteiger partial charge on any atom is 0.213 e. The summed E-state index contributed by atoms with van der Waals surface area (Å²) >= 11 is 0. The summed E-state index contributed by atoms with van der Waals surface area (Å²) in [4.78, 5) is 4.25. The van der Waals surface area contributed by atoms with E-state index in [0.717, 1.165) is 19.7 Å². The molecule has 0 unspecified atom stereocenters. The number of rotatable bonds is 9. The highest BCUT2D eigenvalue weighted by Crippen LogP contribution is 2.07. The van der Waals surface area contributed by atoms with Crippen LogP contribution in [-0.4, -0.2) is 31.3 Å². The van der Waals surface area contributed by atoms with Crippen LogP contribution in [0.3, 0.4) is 0 Å².